The number of carbonyl (C=O) groups is 1. The van der Waals surface area contributed by atoms with E-state index >= 15 is 0 Å². The maximum Gasteiger partial charge on any atom is 0.324 e. The van der Waals surface area contributed by atoms with Gasteiger partial charge in [0, 0.05) is 30.1 Å². The van der Waals surface area contributed by atoms with E-state index in [4.69, 9.17) is 0 Å². The first-order valence-electron chi connectivity index (χ1n) is 5.51. The summed E-state index contributed by atoms with van der Waals surface area (Å²) in [4.78, 5) is 24.1. The van der Waals surface area contributed by atoms with Gasteiger partial charge in [0.15, 0.2) is 0 Å². The Morgan fingerprint density at radius 3 is 2.47 bits per heavy atom. The van der Waals surface area contributed by atoms with Crippen LogP contribution in [-0.4, -0.2) is 28.8 Å². The highest BCUT2D eigenvalue weighted by Gasteiger charge is 2.09. The van der Waals surface area contributed by atoms with E-state index in [1.165, 1.54) is 12.1 Å². The third-order valence-corrected chi connectivity index (χ3v) is 3.20. The van der Waals surface area contributed by atoms with Crippen LogP contribution in [-0.2, 0) is 4.79 Å². The lowest BCUT2D eigenvalue weighted by atomic mass is 10.3. The van der Waals surface area contributed by atoms with Gasteiger partial charge in [0.25, 0.3) is 0 Å². The lowest BCUT2D eigenvalue weighted by Gasteiger charge is -2.16. The maximum absolute atomic E-state index is 11.9. The van der Waals surface area contributed by atoms with E-state index in [-0.39, 0.29) is 10.9 Å². The van der Waals surface area contributed by atoms with Gasteiger partial charge in [-0.3, -0.25) is 14.9 Å². The Labute approximate surface area is 115 Å². The summed E-state index contributed by atoms with van der Waals surface area (Å²) in [6, 6.07) is 3.03. The number of amides is 1. The minimum absolute atomic E-state index is 0.0566. The summed E-state index contributed by atoms with van der Waals surface area (Å²) >= 11 is 1.02. The molecule has 0 atom stereocenters. The molecule has 100 valence electrons. The topological polar surface area (TPSA) is 63.5 Å². The number of nitro groups is 1. The quantitative estimate of drug-likeness (QED) is 0.333. The highest BCUT2D eigenvalue weighted by molar-refractivity contribution is 7.16. The van der Waals surface area contributed by atoms with Crippen LogP contribution in [0.4, 0.5) is 5.00 Å². The first-order chi connectivity index (χ1) is 9.08. The zero-order valence-corrected chi connectivity index (χ0v) is 11.1. The van der Waals surface area contributed by atoms with Gasteiger partial charge in [-0.25, -0.2) is 0 Å². The Hall–Kier alpha value is -2.21. The first kappa shape index (κ1) is 14.8. The van der Waals surface area contributed by atoms with Crippen LogP contribution < -0.4 is 0 Å². The molecule has 1 aromatic rings. The van der Waals surface area contributed by atoms with Gasteiger partial charge >= 0.3 is 5.00 Å². The second-order valence-corrected chi connectivity index (χ2v) is 4.68. The van der Waals surface area contributed by atoms with Gasteiger partial charge in [0.1, 0.15) is 0 Å². The van der Waals surface area contributed by atoms with Gasteiger partial charge in [-0.05, 0) is 12.1 Å². The molecule has 0 aliphatic rings. The van der Waals surface area contributed by atoms with E-state index in [9.17, 15) is 14.9 Å². The lowest BCUT2D eigenvalue weighted by molar-refractivity contribution is -0.380. The standard InChI is InChI=1S/C13H14N2O3S/c1-3-9-14(10-4-2)12(16)7-5-11-6-8-13(19-11)15(17)18/h3-8H,1-2,9-10H2/b7-5+. The van der Waals surface area contributed by atoms with Crippen LogP contribution in [0.15, 0.2) is 43.5 Å². The van der Waals surface area contributed by atoms with E-state index in [2.05, 4.69) is 13.2 Å². The fourth-order valence-electron chi connectivity index (χ4n) is 1.35. The molecule has 0 aliphatic heterocycles. The number of nitrogens with zero attached hydrogens (tertiary/aromatic N) is 2. The lowest BCUT2D eigenvalue weighted by Crippen LogP contribution is -2.29. The SMILES string of the molecule is C=CCN(CC=C)C(=O)/C=C/c1ccc([N+](=O)[O-])s1. The zero-order valence-electron chi connectivity index (χ0n) is 10.3. The van der Waals surface area contributed by atoms with Crippen molar-refractivity contribution >= 4 is 28.3 Å². The minimum Gasteiger partial charge on any atom is -0.332 e. The largest absolute Gasteiger partial charge is 0.332 e. The molecule has 0 saturated carbocycles. The Kier molecular flexibility index (Phi) is 5.69. The molecule has 0 unspecified atom stereocenters. The Balaban J connectivity index is 2.72. The third-order valence-electron chi connectivity index (χ3n) is 2.19. The van der Waals surface area contributed by atoms with E-state index in [0.717, 1.165) is 11.3 Å². The monoisotopic (exact) mass is 278 g/mol. The van der Waals surface area contributed by atoms with Crippen LogP contribution in [0.1, 0.15) is 4.88 Å². The van der Waals surface area contributed by atoms with Crippen LogP contribution in [0.25, 0.3) is 6.08 Å². The average Bonchev–Trinajstić information content (AvgIpc) is 2.84. The van der Waals surface area contributed by atoms with Crippen molar-refractivity contribution in [1.82, 2.24) is 4.90 Å². The summed E-state index contributed by atoms with van der Waals surface area (Å²) in [7, 11) is 0. The van der Waals surface area contributed by atoms with Gasteiger partial charge in [-0.2, -0.15) is 0 Å². The van der Waals surface area contributed by atoms with Crippen LogP contribution in [0.2, 0.25) is 0 Å². The van der Waals surface area contributed by atoms with Crippen molar-refractivity contribution < 1.29 is 9.72 Å². The van der Waals surface area contributed by atoms with Gasteiger partial charge in [-0.1, -0.05) is 23.5 Å². The van der Waals surface area contributed by atoms with Crippen molar-refractivity contribution in [2.75, 3.05) is 13.1 Å². The molecule has 1 aromatic heterocycles. The van der Waals surface area contributed by atoms with Crippen LogP contribution in [0, 0.1) is 10.1 Å². The van der Waals surface area contributed by atoms with Crippen molar-refractivity contribution in [3.05, 3.63) is 58.5 Å². The molecule has 0 bridgehead atoms. The molecule has 1 rings (SSSR count). The van der Waals surface area contributed by atoms with Gasteiger partial charge in [0.2, 0.25) is 5.91 Å². The molecule has 1 amide bonds. The number of thiophene rings is 1. The van der Waals surface area contributed by atoms with Crippen molar-refractivity contribution in [2.24, 2.45) is 0 Å². The molecule has 0 saturated heterocycles. The third kappa shape index (κ3) is 4.51. The molecule has 0 aliphatic carbocycles. The van der Waals surface area contributed by atoms with E-state index in [1.807, 2.05) is 0 Å². The molecule has 0 spiro atoms. The van der Waals surface area contributed by atoms with Gasteiger partial charge in [0.05, 0.1) is 4.92 Å². The maximum atomic E-state index is 11.9. The Bertz CT molecular complexity index is 510. The highest BCUT2D eigenvalue weighted by atomic mass is 32.1. The number of carbonyl (C=O) groups excluding carboxylic acids is 1. The van der Waals surface area contributed by atoms with Crippen LogP contribution in [0.3, 0.4) is 0 Å². The normalized spacial score (nSPS) is 10.3. The summed E-state index contributed by atoms with van der Waals surface area (Å²) in [6.45, 7) is 8.02. The summed E-state index contributed by atoms with van der Waals surface area (Å²) in [5.41, 5.74) is 0. The number of hydrogen-bond donors (Lipinski definition) is 0. The van der Waals surface area contributed by atoms with Crippen molar-refractivity contribution in [2.45, 2.75) is 0 Å². The Morgan fingerprint density at radius 1 is 1.37 bits per heavy atom. The van der Waals surface area contributed by atoms with Gasteiger partial charge in [-0.15, -0.1) is 13.2 Å². The highest BCUT2D eigenvalue weighted by Crippen LogP contribution is 2.24. The fraction of sp³-hybridized carbons (Fsp3) is 0.154. The van der Waals surface area contributed by atoms with Crippen LogP contribution >= 0.6 is 11.3 Å². The molecule has 0 radical (unpaired) electrons. The summed E-state index contributed by atoms with van der Waals surface area (Å²) in [6.07, 6.45) is 6.22. The average molecular weight is 278 g/mol. The number of hydrogen-bond acceptors (Lipinski definition) is 4. The molecule has 1 heterocycles. The molecular weight excluding hydrogens is 264 g/mol. The molecule has 19 heavy (non-hydrogen) atoms. The molecule has 0 fully saturated rings. The molecule has 0 aromatic carbocycles. The summed E-state index contributed by atoms with van der Waals surface area (Å²) in [5.74, 6) is -0.184. The molecular formula is C13H14N2O3S. The first-order valence-corrected chi connectivity index (χ1v) is 6.33. The molecule has 6 heteroatoms. The zero-order chi connectivity index (χ0) is 14.3. The number of rotatable bonds is 7. The second kappa shape index (κ2) is 7.27. The van der Waals surface area contributed by atoms with Crippen molar-refractivity contribution in [1.29, 1.82) is 0 Å². The smallest absolute Gasteiger partial charge is 0.324 e. The predicted octanol–water partition coefficient (Wildman–Crippen LogP) is 2.87. The molecule has 0 N–H and O–H groups in total. The van der Waals surface area contributed by atoms with E-state index in [0.29, 0.717) is 18.0 Å². The fourth-order valence-corrected chi connectivity index (χ4v) is 2.08. The summed E-state index contributed by atoms with van der Waals surface area (Å²) in [5, 5.41) is 10.6. The van der Waals surface area contributed by atoms with E-state index < -0.39 is 4.92 Å². The minimum atomic E-state index is -0.453. The second-order valence-electron chi connectivity index (χ2n) is 3.59. The van der Waals surface area contributed by atoms with Gasteiger partial charge < -0.3 is 4.90 Å². The Morgan fingerprint density at radius 2 is 2.00 bits per heavy atom. The van der Waals surface area contributed by atoms with E-state index in [1.54, 1.807) is 29.2 Å². The molecule has 5 nitrogen and oxygen atoms in total. The van der Waals surface area contributed by atoms with Crippen molar-refractivity contribution in [3.8, 4) is 0 Å². The van der Waals surface area contributed by atoms with Crippen molar-refractivity contribution in [3.63, 3.8) is 0 Å². The predicted molar refractivity (Wildman–Crippen MR) is 77.0 cm³/mol. The van der Waals surface area contributed by atoms with Crippen LogP contribution in [0.5, 0.6) is 0 Å². The summed E-state index contributed by atoms with van der Waals surface area (Å²) < 4.78 is 0.